The van der Waals surface area contributed by atoms with Crippen molar-refractivity contribution in [2.24, 2.45) is 0 Å². The quantitative estimate of drug-likeness (QED) is 0.552. The van der Waals surface area contributed by atoms with Gasteiger partial charge in [0.05, 0.1) is 0 Å². The molecular formula is C11H22N2O3S. The van der Waals surface area contributed by atoms with Crippen LogP contribution in [0.25, 0.3) is 0 Å². The Kier molecular flexibility index (Phi) is 9.71. The number of thioether (sulfide) groups is 1. The van der Waals surface area contributed by atoms with Gasteiger partial charge in [0.1, 0.15) is 0 Å². The van der Waals surface area contributed by atoms with Gasteiger partial charge < -0.3 is 15.7 Å². The molecule has 0 bridgehead atoms. The Labute approximate surface area is 107 Å². The Morgan fingerprint density at radius 3 is 2.53 bits per heavy atom. The van der Waals surface area contributed by atoms with Gasteiger partial charge >= 0.3 is 12.0 Å². The first kappa shape index (κ1) is 16.1. The van der Waals surface area contributed by atoms with Gasteiger partial charge in [-0.1, -0.05) is 13.3 Å². The molecule has 17 heavy (non-hydrogen) atoms. The molecule has 0 spiro atoms. The minimum absolute atomic E-state index is 0.149. The van der Waals surface area contributed by atoms with Crippen molar-refractivity contribution in [2.45, 2.75) is 37.9 Å². The third-order valence-electron chi connectivity index (χ3n) is 2.31. The summed E-state index contributed by atoms with van der Waals surface area (Å²) in [6.07, 6.45) is 4.53. The molecule has 0 aliphatic rings. The third-order valence-corrected chi connectivity index (χ3v) is 3.28. The van der Waals surface area contributed by atoms with Crippen molar-refractivity contribution in [3.63, 3.8) is 0 Å². The number of hydrogen-bond donors (Lipinski definition) is 3. The summed E-state index contributed by atoms with van der Waals surface area (Å²) in [7, 11) is 0. The summed E-state index contributed by atoms with van der Waals surface area (Å²) < 4.78 is 0. The van der Waals surface area contributed by atoms with E-state index in [9.17, 15) is 9.59 Å². The summed E-state index contributed by atoms with van der Waals surface area (Å²) >= 11 is 1.71. The number of amides is 2. The molecule has 0 fully saturated rings. The number of urea groups is 1. The molecule has 0 saturated carbocycles. The first-order chi connectivity index (χ1) is 8.06. The lowest BCUT2D eigenvalue weighted by Crippen LogP contribution is -2.38. The molecule has 0 aromatic heterocycles. The largest absolute Gasteiger partial charge is 0.481 e. The van der Waals surface area contributed by atoms with Gasteiger partial charge in [-0.3, -0.25) is 4.79 Å². The molecule has 3 N–H and O–H groups in total. The van der Waals surface area contributed by atoms with E-state index in [0.717, 1.165) is 12.8 Å². The summed E-state index contributed by atoms with van der Waals surface area (Å²) in [5.74, 6) is -0.762. The predicted octanol–water partition coefficient (Wildman–Crippen LogP) is 1.68. The molecular weight excluding hydrogens is 240 g/mol. The maximum atomic E-state index is 11.3. The molecule has 1 unspecified atom stereocenters. The van der Waals surface area contributed by atoms with Crippen molar-refractivity contribution >= 4 is 23.8 Å². The number of rotatable bonds is 9. The highest BCUT2D eigenvalue weighted by Gasteiger charge is 2.03. The molecule has 1 atom stereocenters. The number of carbonyl (C=O) groups is 2. The highest BCUT2D eigenvalue weighted by Crippen LogP contribution is 2.02. The van der Waals surface area contributed by atoms with E-state index < -0.39 is 5.97 Å². The van der Waals surface area contributed by atoms with Gasteiger partial charge in [-0.25, -0.2) is 4.79 Å². The zero-order valence-corrected chi connectivity index (χ0v) is 11.3. The molecule has 0 rings (SSSR count). The van der Waals surface area contributed by atoms with E-state index in [1.807, 2.05) is 6.26 Å². The molecule has 100 valence electrons. The van der Waals surface area contributed by atoms with Crippen LogP contribution in [-0.4, -0.2) is 41.7 Å². The molecule has 2 amide bonds. The second-order valence-electron chi connectivity index (χ2n) is 3.89. The van der Waals surface area contributed by atoms with Crippen molar-refractivity contribution < 1.29 is 14.7 Å². The predicted molar refractivity (Wildman–Crippen MR) is 70.5 cm³/mol. The topological polar surface area (TPSA) is 78.4 Å². The fourth-order valence-electron chi connectivity index (χ4n) is 1.16. The van der Waals surface area contributed by atoms with Gasteiger partial charge in [0.25, 0.3) is 0 Å². The van der Waals surface area contributed by atoms with E-state index in [4.69, 9.17) is 5.11 Å². The molecule has 0 radical (unpaired) electrons. The van der Waals surface area contributed by atoms with Crippen molar-refractivity contribution in [3.05, 3.63) is 0 Å². The minimum Gasteiger partial charge on any atom is -0.481 e. The second-order valence-corrected chi connectivity index (χ2v) is 5.16. The molecule has 0 saturated heterocycles. The van der Waals surface area contributed by atoms with Crippen LogP contribution >= 0.6 is 11.8 Å². The van der Waals surface area contributed by atoms with E-state index in [-0.39, 0.29) is 12.5 Å². The number of hydrogen-bond acceptors (Lipinski definition) is 3. The smallest absolute Gasteiger partial charge is 0.314 e. The molecule has 0 aromatic rings. The van der Waals surface area contributed by atoms with Gasteiger partial charge in [-0.05, 0) is 19.1 Å². The normalized spacial score (nSPS) is 11.9. The zero-order valence-electron chi connectivity index (χ0n) is 10.5. The van der Waals surface area contributed by atoms with Gasteiger partial charge in [0.2, 0.25) is 0 Å². The molecule has 0 aliphatic carbocycles. The maximum absolute atomic E-state index is 11.3. The number of nitrogens with one attached hydrogen (secondary N) is 2. The van der Waals surface area contributed by atoms with Crippen molar-refractivity contribution in [1.82, 2.24) is 10.6 Å². The maximum Gasteiger partial charge on any atom is 0.314 e. The number of carboxylic acid groups (broad SMARTS) is 1. The van der Waals surface area contributed by atoms with Gasteiger partial charge in [0.15, 0.2) is 0 Å². The van der Waals surface area contributed by atoms with Crippen LogP contribution in [-0.2, 0) is 4.79 Å². The van der Waals surface area contributed by atoms with E-state index >= 15 is 0 Å². The highest BCUT2D eigenvalue weighted by molar-refractivity contribution is 7.99. The molecule has 0 heterocycles. The molecule has 6 heteroatoms. The van der Waals surface area contributed by atoms with Gasteiger partial charge in [0, 0.05) is 24.8 Å². The highest BCUT2D eigenvalue weighted by atomic mass is 32.2. The van der Waals surface area contributed by atoms with E-state index in [0.29, 0.717) is 24.8 Å². The lowest BCUT2D eigenvalue weighted by Gasteiger charge is -2.10. The molecule has 0 aliphatic heterocycles. The Hall–Kier alpha value is -0.910. The van der Waals surface area contributed by atoms with Crippen LogP contribution in [0.3, 0.4) is 0 Å². The van der Waals surface area contributed by atoms with E-state index in [1.54, 1.807) is 11.8 Å². The van der Waals surface area contributed by atoms with Crippen molar-refractivity contribution in [1.29, 1.82) is 0 Å². The SMILES string of the molecule is CSC(C)CNC(=O)NCCCCCC(=O)O. The lowest BCUT2D eigenvalue weighted by atomic mass is 10.2. The lowest BCUT2D eigenvalue weighted by molar-refractivity contribution is -0.137. The third kappa shape index (κ3) is 11.4. The van der Waals surface area contributed by atoms with E-state index in [1.165, 1.54) is 0 Å². The van der Waals surface area contributed by atoms with Crippen LogP contribution in [0.4, 0.5) is 4.79 Å². The van der Waals surface area contributed by atoms with Crippen LogP contribution in [0.2, 0.25) is 0 Å². The summed E-state index contributed by atoms with van der Waals surface area (Å²) in [5.41, 5.74) is 0. The van der Waals surface area contributed by atoms with Crippen LogP contribution in [0.15, 0.2) is 0 Å². The first-order valence-electron chi connectivity index (χ1n) is 5.82. The average Bonchev–Trinajstić information content (AvgIpc) is 2.30. The Morgan fingerprint density at radius 1 is 1.24 bits per heavy atom. The zero-order chi connectivity index (χ0) is 13.1. The average molecular weight is 262 g/mol. The number of aliphatic carboxylic acids is 1. The first-order valence-corrected chi connectivity index (χ1v) is 7.11. The van der Waals surface area contributed by atoms with Crippen LogP contribution in [0.5, 0.6) is 0 Å². The number of carboxylic acids is 1. The van der Waals surface area contributed by atoms with Crippen molar-refractivity contribution in [2.75, 3.05) is 19.3 Å². The van der Waals surface area contributed by atoms with Crippen molar-refractivity contribution in [3.8, 4) is 0 Å². The molecule has 5 nitrogen and oxygen atoms in total. The summed E-state index contributed by atoms with van der Waals surface area (Å²) in [5, 5.41) is 14.4. The fraction of sp³-hybridized carbons (Fsp3) is 0.818. The van der Waals surface area contributed by atoms with Crippen LogP contribution in [0.1, 0.15) is 32.6 Å². The monoisotopic (exact) mass is 262 g/mol. The number of unbranched alkanes of at least 4 members (excludes halogenated alkanes) is 2. The van der Waals surface area contributed by atoms with Gasteiger partial charge in [-0.2, -0.15) is 11.8 Å². The molecule has 0 aromatic carbocycles. The second kappa shape index (κ2) is 10.3. The Balaban J connectivity index is 3.30. The minimum atomic E-state index is -0.762. The Bertz CT molecular complexity index is 237. The standard InChI is InChI=1S/C11H22N2O3S/c1-9(17-2)8-13-11(16)12-7-5-3-4-6-10(14)15/h9H,3-8H2,1-2H3,(H,14,15)(H2,12,13,16). The van der Waals surface area contributed by atoms with Crippen LogP contribution in [0, 0.1) is 0 Å². The summed E-state index contributed by atoms with van der Waals surface area (Å²) in [6, 6.07) is -0.149. The van der Waals surface area contributed by atoms with E-state index in [2.05, 4.69) is 17.6 Å². The van der Waals surface area contributed by atoms with Crippen LogP contribution < -0.4 is 10.6 Å². The summed E-state index contributed by atoms with van der Waals surface area (Å²) in [4.78, 5) is 21.5. The van der Waals surface area contributed by atoms with Gasteiger partial charge in [-0.15, -0.1) is 0 Å². The number of carbonyl (C=O) groups excluding carboxylic acids is 1. The fourth-order valence-corrected chi connectivity index (χ4v) is 1.41. The Morgan fingerprint density at radius 2 is 1.94 bits per heavy atom. The summed E-state index contributed by atoms with van der Waals surface area (Å²) in [6.45, 7) is 3.31.